The zero-order chi connectivity index (χ0) is 17.7. The van der Waals surface area contributed by atoms with E-state index < -0.39 is 0 Å². The summed E-state index contributed by atoms with van der Waals surface area (Å²) in [6.45, 7) is 6.05. The molecule has 0 unspecified atom stereocenters. The van der Waals surface area contributed by atoms with E-state index in [9.17, 15) is 14.9 Å². The van der Waals surface area contributed by atoms with Crippen molar-refractivity contribution in [1.82, 2.24) is 9.80 Å². The van der Waals surface area contributed by atoms with Gasteiger partial charge in [0.1, 0.15) is 0 Å². The van der Waals surface area contributed by atoms with Crippen LogP contribution in [0, 0.1) is 10.1 Å². The number of nitrogens with zero attached hydrogens (tertiary/aromatic N) is 3. The summed E-state index contributed by atoms with van der Waals surface area (Å²) in [7, 11) is 1.86. The highest BCUT2D eigenvalue weighted by Crippen LogP contribution is 2.18. The Hall–Kier alpha value is -1.99. The van der Waals surface area contributed by atoms with Gasteiger partial charge in [-0.05, 0) is 27.3 Å². The number of benzene rings is 1. The molecule has 1 saturated heterocycles. The van der Waals surface area contributed by atoms with Crippen molar-refractivity contribution in [1.29, 1.82) is 0 Å². The fourth-order valence-electron chi connectivity index (χ4n) is 3.00. The molecule has 2 rings (SSSR count). The van der Waals surface area contributed by atoms with E-state index >= 15 is 0 Å². The molecule has 0 radical (unpaired) electrons. The number of ether oxygens (including phenoxy) is 1. The number of carbonyl (C=O) groups excluding carboxylic acids is 1. The van der Waals surface area contributed by atoms with Gasteiger partial charge in [-0.1, -0.05) is 18.2 Å². The van der Waals surface area contributed by atoms with Crippen LogP contribution in [-0.2, 0) is 16.0 Å². The molecule has 0 spiro atoms. The largest absolute Gasteiger partial charge is 0.372 e. The Kier molecular flexibility index (Phi) is 6.28. The average Bonchev–Trinajstić information content (AvgIpc) is 2.52. The van der Waals surface area contributed by atoms with Crippen LogP contribution in [0.1, 0.15) is 19.4 Å². The minimum atomic E-state index is -0.364. The molecule has 7 nitrogen and oxygen atoms in total. The molecule has 7 heteroatoms. The van der Waals surface area contributed by atoms with Crippen LogP contribution in [0.2, 0.25) is 0 Å². The maximum Gasteiger partial charge on any atom is 0.272 e. The first-order valence-electron chi connectivity index (χ1n) is 8.21. The molecule has 1 aromatic rings. The second-order valence-electron chi connectivity index (χ2n) is 6.43. The number of hydrogen-bond donors (Lipinski definition) is 0. The summed E-state index contributed by atoms with van der Waals surface area (Å²) in [5, 5.41) is 11.0. The topological polar surface area (TPSA) is 75.9 Å². The molecule has 24 heavy (non-hydrogen) atoms. The quantitative estimate of drug-likeness (QED) is 0.584. The summed E-state index contributed by atoms with van der Waals surface area (Å²) >= 11 is 0. The molecule has 1 heterocycles. The summed E-state index contributed by atoms with van der Waals surface area (Å²) in [5.74, 6) is 0.0714. The summed E-state index contributed by atoms with van der Waals surface area (Å²) < 4.78 is 5.64. The lowest BCUT2D eigenvalue weighted by molar-refractivity contribution is -0.385. The third-order valence-electron chi connectivity index (χ3n) is 4.13. The lowest BCUT2D eigenvalue weighted by Gasteiger charge is -2.36. The number of carbonyl (C=O) groups is 1. The highest BCUT2D eigenvalue weighted by Gasteiger charge is 2.26. The Morgan fingerprint density at radius 3 is 2.58 bits per heavy atom. The Bertz CT molecular complexity index is 583. The minimum Gasteiger partial charge on any atom is -0.372 e. The van der Waals surface area contributed by atoms with E-state index in [1.54, 1.807) is 18.2 Å². The zero-order valence-electron chi connectivity index (χ0n) is 14.5. The van der Waals surface area contributed by atoms with Gasteiger partial charge >= 0.3 is 0 Å². The first kappa shape index (κ1) is 18.4. The molecule has 132 valence electrons. The maximum atomic E-state index is 12.4. The van der Waals surface area contributed by atoms with Crippen LogP contribution in [0.15, 0.2) is 24.3 Å². The normalized spacial score (nSPS) is 21.1. The molecule has 1 aromatic carbocycles. The summed E-state index contributed by atoms with van der Waals surface area (Å²) in [6, 6.07) is 6.73. The van der Waals surface area contributed by atoms with Gasteiger partial charge in [-0.25, -0.2) is 0 Å². The number of amides is 1. The van der Waals surface area contributed by atoms with Gasteiger partial charge < -0.3 is 9.64 Å². The van der Waals surface area contributed by atoms with Crippen molar-refractivity contribution in [3.05, 3.63) is 39.9 Å². The Balaban J connectivity index is 1.86. The first-order valence-corrected chi connectivity index (χ1v) is 8.21. The van der Waals surface area contributed by atoms with E-state index in [0.717, 1.165) is 0 Å². The lowest BCUT2D eigenvalue weighted by atomic mass is 10.1. The standard InChI is InChI=1S/C17H25N3O4/c1-13-10-19(11-14(2)24-13)17(21)12-18(3)9-8-15-6-4-5-7-16(15)20(22)23/h4-7,13-14H,8-12H2,1-3H3/t13-,14-/m1/s1. The summed E-state index contributed by atoms with van der Waals surface area (Å²) in [5.41, 5.74) is 0.823. The van der Waals surface area contributed by atoms with Crippen molar-refractivity contribution >= 4 is 11.6 Å². The zero-order valence-corrected chi connectivity index (χ0v) is 14.5. The Morgan fingerprint density at radius 1 is 1.33 bits per heavy atom. The van der Waals surface area contributed by atoms with Crippen LogP contribution >= 0.6 is 0 Å². The van der Waals surface area contributed by atoms with Gasteiger partial charge in [0.15, 0.2) is 0 Å². The molecule has 1 aliphatic rings. The predicted molar refractivity (Wildman–Crippen MR) is 90.9 cm³/mol. The molecule has 1 aliphatic heterocycles. The van der Waals surface area contributed by atoms with E-state index in [-0.39, 0.29) is 28.7 Å². The van der Waals surface area contributed by atoms with E-state index in [1.165, 1.54) is 6.07 Å². The molecule has 1 amide bonds. The van der Waals surface area contributed by atoms with Gasteiger partial charge in [0, 0.05) is 31.3 Å². The second kappa shape index (κ2) is 8.21. The molecular weight excluding hydrogens is 310 g/mol. The number of rotatable bonds is 6. The maximum absolute atomic E-state index is 12.4. The number of para-hydroxylation sites is 1. The summed E-state index contributed by atoms with van der Waals surface area (Å²) in [6.07, 6.45) is 0.640. The molecule has 2 atom stereocenters. The Morgan fingerprint density at radius 2 is 1.96 bits per heavy atom. The molecule has 0 bridgehead atoms. The SMILES string of the molecule is C[C@@H]1CN(C(=O)CN(C)CCc2ccccc2[N+](=O)[O-])C[C@@H](C)O1. The number of hydrogen-bond acceptors (Lipinski definition) is 5. The van der Waals surface area contributed by atoms with E-state index in [1.807, 2.05) is 30.7 Å². The van der Waals surface area contributed by atoms with Gasteiger partial charge in [0.2, 0.25) is 5.91 Å². The molecule has 0 aliphatic carbocycles. The smallest absolute Gasteiger partial charge is 0.272 e. The van der Waals surface area contributed by atoms with Gasteiger partial charge in [-0.3, -0.25) is 19.8 Å². The van der Waals surface area contributed by atoms with Gasteiger partial charge in [0.25, 0.3) is 5.69 Å². The molecule has 0 aromatic heterocycles. The average molecular weight is 335 g/mol. The molecule has 0 saturated carbocycles. The van der Waals surface area contributed by atoms with Crippen molar-refractivity contribution in [2.24, 2.45) is 0 Å². The fourth-order valence-corrected chi connectivity index (χ4v) is 3.00. The van der Waals surface area contributed by atoms with E-state index in [0.29, 0.717) is 38.2 Å². The fraction of sp³-hybridized carbons (Fsp3) is 0.588. The van der Waals surface area contributed by atoms with Crippen molar-refractivity contribution in [2.75, 3.05) is 33.2 Å². The van der Waals surface area contributed by atoms with Gasteiger partial charge in [-0.15, -0.1) is 0 Å². The first-order chi connectivity index (χ1) is 11.4. The van der Waals surface area contributed by atoms with Crippen molar-refractivity contribution in [2.45, 2.75) is 32.5 Å². The Labute approximate surface area is 142 Å². The monoisotopic (exact) mass is 335 g/mol. The molecule has 0 N–H and O–H groups in total. The number of nitro groups is 1. The third-order valence-corrected chi connectivity index (χ3v) is 4.13. The van der Waals surface area contributed by atoms with Crippen LogP contribution in [0.4, 0.5) is 5.69 Å². The summed E-state index contributed by atoms with van der Waals surface area (Å²) in [4.78, 5) is 26.8. The minimum absolute atomic E-state index is 0.0509. The molecule has 1 fully saturated rings. The van der Waals surface area contributed by atoms with Crippen molar-refractivity contribution in [3.63, 3.8) is 0 Å². The highest BCUT2D eigenvalue weighted by molar-refractivity contribution is 5.78. The third kappa shape index (κ3) is 5.01. The number of nitro benzene ring substituents is 1. The van der Waals surface area contributed by atoms with Crippen LogP contribution in [0.3, 0.4) is 0 Å². The van der Waals surface area contributed by atoms with Gasteiger partial charge in [-0.2, -0.15) is 0 Å². The number of morpholine rings is 1. The number of likely N-dealkylation sites (N-methyl/N-ethyl adjacent to an activating group) is 1. The van der Waals surface area contributed by atoms with Crippen molar-refractivity contribution in [3.8, 4) is 0 Å². The highest BCUT2D eigenvalue weighted by atomic mass is 16.6. The van der Waals surface area contributed by atoms with Crippen LogP contribution in [0.25, 0.3) is 0 Å². The predicted octanol–water partition coefficient (Wildman–Crippen LogP) is 1.70. The second-order valence-corrected chi connectivity index (χ2v) is 6.43. The van der Waals surface area contributed by atoms with Crippen LogP contribution in [-0.4, -0.2) is 66.1 Å². The van der Waals surface area contributed by atoms with E-state index in [4.69, 9.17) is 4.74 Å². The van der Waals surface area contributed by atoms with Crippen molar-refractivity contribution < 1.29 is 14.5 Å². The van der Waals surface area contributed by atoms with Crippen LogP contribution < -0.4 is 0 Å². The van der Waals surface area contributed by atoms with Gasteiger partial charge in [0.05, 0.1) is 23.7 Å². The molecular formula is C17H25N3O4. The van der Waals surface area contributed by atoms with E-state index in [2.05, 4.69) is 0 Å². The van der Waals surface area contributed by atoms with Crippen LogP contribution in [0.5, 0.6) is 0 Å². The lowest BCUT2D eigenvalue weighted by Crippen LogP contribution is -2.50.